The van der Waals surface area contributed by atoms with Gasteiger partial charge in [-0.15, -0.1) is 0 Å². The minimum atomic E-state index is -2.23. The zero-order chi connectivity index (χ0) is 18.7. The third kappa shape index (κ3) is 6.73. The van der Waals surface area contributed by atoms with E-state index in [2.05, 4.69) is 6.92 Å². The average Bonchev–Trinajstić information content (AvgIpc) is 2.85. The van der Waals surface area contributed by atoms with Crippen LogP contribution < -0.4 is 0 Å². The summed E-state index contributed by atoms with van der Waals surface area (Å²) >= 11 is 0. The molecule has 0 saturated carbocycles. The minimum absolute atomic E-state index is 0.123. The standard InChI is InChI=1S/C20H32O5/c1-3-4-5-6-7-8-9-10-11-12-13-17(22)20(24)18(23)14-15-19(20)25-16(2)21/h14-15,19,24H,3-13H2,1-2H3/t19-,20+/m1/s1. The first-order valence-electron chi connectivity index (χ1n) is 9.58. The van der Waals surface area contributed by atoms with Crippen LogP contribution in [-0.2, 0) is 19.1 Å². The molecule has 1 aliphatic carbocycles. The highest BCUT2D eigenvalue weighted by Crippen LogP contribution is 2.27. The number of ketones is 2. The van der Waals surface area contributed by atoms with E-state index < -0.39 is 29.2 Å². The van der Waals surface area contributed by atoms with Crippen LogP contribution in [0.2, 0.25) is 0 Å². The van der Waals surface area contributed by atoms with E-state index in [1.54, 1.807) is 0 Å². The molecule has 0 spiro atoms. The normalized spacial score (nSPS) is 22.4. The average molecular weight is 352 g/mol. The van der Waals surface area contributed by atoms with Crippen LogP contribution in [0.5, 0.6) is 0 Å². The second-order valence-corrected chi connectivity index (χ2v) is 6.87. The number of hydrogen-bond acceptors (Lipinski definition) is 5. The molecule has 0 amide bonds. The van der Waals surface area contributed by atoms with Crippen LogP contribution in [-0.4, -0.2) is 34.3 Å². The fraction of sp³-hybridized carbons (Fsp3) is 0.750. The van der Waals surface area contributed by atoms with E-state index in [4.69, 9.17) is 4.74 Å². The van der Waals surface area contributed by atoms with Gasteiger partial charge in [-0.3, -0.25) is 14.4 Å². The summed E-state index contributed by atoms with van der Waals surface area (Å²) in [4.78, 5) is 35.2. The first kappa shape index (κ1) is 21.6. The molecule has 0 unspecified atom stereocenters. The third-order valence-electron chi connectivity index (χ3n) is 4.69. The predicted octanol–water partition coefficient (Wildman–Crippen LogP) is 3.67. The highest BCUT2D eigenvalue weighted by atomic mass is 16.6. The van der Waals surface area contributed by atoms with Crippen molar-refractivity contribution in [1.82, 2.24) is 0 Å². The predicted molar refractivity (Wildman–Crippen MR) is 96.1 cm³/mol. The van der Waals surface area contributed by atoms with Gasteiger partial charge in [0.15, 0.2) is 17.7 Å². The largest absolute Gasteiger partial charge is 0.454 e. The van der Waals surface area contributed by atoms with Crippen molar-refractivity contribution < 1.29 is 24.2 Å². The van der Waals surface area contributed by atoms with Crippen molar-refractivity contribution in [2.24, 2.45) is 0 Å². The van der Waals surface area contributed by atoms with E-state index in [-0.39, 0.29) is 6.42 Å². The van der Waals surface area contributed by atoms with Gasteiger partial charge in [0.25, 0.3) is 0 Å². The summed E-state index contributed by atoms with van der Waals surface area (Å²) < 4.78 is 4.90. The van der Waals surface area contributed by atoms with Gasteiger partial charge in [0, 0.05) is 13.3 Å². The number of aliphatic hydroxyl groups is 1. The molecule has 0 bridgehead atoms. The summed E-state index contributed by atoms with van der Waals surface area (Å²) in [6.07, 6.45) is 12.7. The summed E-state index contributed by atoms with van der Waals surface area (Å²) in [5.41, 5.74) is -2.23. The molecule has 1 N–H and O–H groups in total. The molecule has 142 valence electrons. The lowest BCUT2D eigenvalue weighted by Crippen LogP contribution is -2.53. The van der Waals surface area contributed by atoms with E-state index in [0.29, 0.717) is 6.42 Å². The van der Waals surface area contributed by atoms with Crippen LogP contribution >= 0.6 is 0 Å². The first-order valence-corrected chi connectivity index (χ1v) is 9.58. The lowest BCUT2D eigenvalue weighted by Gasteiger charge is -2.26. The number of ether oxygens (including phenoxy) is 1. The van der Waals surface area contributed by atoms with Gasteiger partial charge in [-0.25, -0.2) is 0 Å². The Morgan fingerprint density at radius 3 is 2.08 bits per heavy atom. The van der Waals surface area contributed by atoms with E-state index in [0.717, 1.165) is 25.3 Å². The number of carbonyl (C=O) groups is 3. The molecule has 2 atom stereocenters. The van der Waals surface area contributed by atoms with Crippen molar-refractivity contribution in [2.75, 3.05) is 0 Å². The summed E-state index contributed by atoms with van der Waals surface area (Å²) in [6.45, 7) is 3.39. The van der Waals surface area contributed by atoms with Gasteiger partial charge in [0.05, 0.1) is 0 Å². The van der Waals surface area contributed by atoms with Crippen molar-refractivity contribution in [3.63, 3.8) is 0 Å². The summed E-state index contributed by atoms with van der Waals surface area (Å²) in [5, 5.41) is 10.4. The van der Waals surface area contributed by atoms with Crippen molar-refractivity contribution in [1.29, 1.82) is 0 Å². The smallest absolute Gasteiger partial charge is 0.303 e. The number of hydrogen-bond donors (Lipinski definition) is 1. The molecule has 0 fully saturated rings. The van der Waals surface area contributed by atoms with Crippen LogP contribution in [0.25, 0.3) is 0 Å². The number of rotatable bonds is 13. The second kappa shape index (κ2) is 11.2. The van der Waals surface area contributed by atoms with E-state index in [1.165, 1.54) is 51.5 Å². The van der Waals surface area contributed by atoms with Gasteiger partial charge in [-0.05, 0) is 18.6 Å². The van der Waals surface area contributed by atoms with Gasteiger partial charge < -0.3 is 9.84 Å². The van der Waals surface area contributed by atoms with E-state index >= 15 is 0 Å². The van der Waals surface area contributed by atoms with Crippen LogP contribution in [0.1, 0.15) is 84.5 Å². The number of Topliss-reactive ketones (excluding diaryl/α,β-unsaturated/α-hetero) is 1. The molecular weight excluding hydrogens is 320 g/mol. The Labute approximate surface area is 150 Å². The Morgan fingerprint density at radius 1 is 1.04 bits per heavy atom. The number of unbranched alkanes of at least 4 members (excludes halogenated alkanes) is 9. The Kier molecular flexibility index (Phi) is 9.65. The quantitative estimate of drug-likeness (QED) is 0.311. The fourth-order valence-electron chi connectivity index (χ4n) is 3.14. The number of esters is 1. The summed E-state index contributed by atoms with van der Waals surface area (Å²) in [6, 6.07) is 0. The topological polar surface area (TPSA) is 80.7 Å². The van der Waals surface area contributed by atoms with Crippen molar-refractivity contribution in [3.8, 4) is 0 Å². The molecule has 0 aromatic heterocycles. The molecule has 5 nitrogen and oxygen atoms in total. The first-order chi connectivity index (χ1) is 11.9. The molecule has 0 aromatic rings. The van der Waals surface area contributed by atoms with Crippen LogP contribution in [0.4, 0.5) is 0 Å². The van der Waals surface area contributed by atoms with Gasteiger partial charge in [-0.1, -0.05) is 64.7 Å². The summed E-state index contributed by atoms with van der Waals surface area (Å²) in [5.74, 6) is -1.89. The molecule has 5 heteroatoms. The van der Waals surface area contributed by atoms with E-state index in [9.17, 15) is 19.5 Å². The van der Waals surface area contributed by atoms with Crippen molar-refractivity contribution in [3.05, 3.63) is 12.2 Å². The Bertz CT molecular complexity index is 482. The zero-order valence-corrected chi connectivity index (χ0v) is 15.6. The van der Waals surface area contributed by atoms with Gasteiger partial charge in [0.1, 0.15) is 0 Å². The maximum atomic E-state index is 12.3. The molecule has 0 saturated heterocycles. The second-order valence-electron chi connectivity index (χ2n) is 6.87. The SMILES string of the molecule is CCCCCCCCCCCCC(=O)[C@]1(O)C(=O)C=C[C@H]1OC(C)=O. The Hall–Kier alpha value is -1.49. The van der Waals surface area contributed by atoms with Crippen molar-refractivity contribution >= 4 is 17.5 Å². The minimum Gasteiger partial charge on any atom is -0.454 e. The molecule has 25 heavy (non-hydrogen) atoms. The van der Waals surface area contributed by atoms with E-state index in [1.807, 2.05) is 0 Å². The van der Waals surface area contributed by atoms with Crippen molar-refractivity contribution in [2.45, 2.75) is 96.2 Å². The Morgan fingerprint density at radius 2 is 1.56 bits per heavy atom. The molecule has 0 radical (unpaired) electrons. The zero-order valence-electron chi connectivity index (χ0n) is 15.6. The lowest BCUT2D eigenvalue weighted by atomic mass is 9.89. The summed E-state index contributed by atoms with van der Waals surface area (Å²) in [7, 11) is 0. The van der Waals surface area contributed by atoms with Gasteiger partial charge in [-0.2, -0.15) is 0 Å². The molecular formula is C20H32O5. The monoisotopic (exact) mass is 352 g/mol. The molecule has 1 rings (SSSR count). The maximum absolute atomic E-state index is 12.3. The highest BCUT2D eigenvalue weighted by Gasteiger charge is 2.52. The number of carbonyl (C=O) groups excluding carboxylic acids is 3. The third-order valence-corrected chi connectivity index (χ3v) is 4.69. The molecule has 0 aromatic carbocycles. The molecule has 0 aliphatic heterocycles. The highest BCUT2D eigenvalue weighted by molar-refractivity contribution is 6.17. The molecule has 1 aliphatic rings. The van der Waals surface area contributed by atoms with Crippen LogP contribution in [0.15, 0.2) is 12.2 Å². The van der Waals surface area contributed by atoms with Crippen LogP contribution in [0, 0.1) is 0 Å². The van der Waals surface area contributed by atoms with Gasteiger partial charge >= 0.3 is 5.97 Å². The van der Waals surface area contributed by atoms with Gasteiger partial charge in [0.2, 0.25) is 5.60 Å². The Balaban J connectivity index is 2.23. The maximum Gasteiger partial charge on any atom is 0.303 e. The van der Waals surface area contributed by atoms with Crippen LogP contribution in [0.3, 0.4) is 0 Å². The lowest BCUT2D eigenvalue weighted by molar-refractivity contribution is -0.166. The fourth-order valence-corrected chi connectivity index (χ4v) is 3.14. The molecule has 0 heterocycles.